The van der Waals surface area contributed by atoms with Crippen LogP contribution in [-0.2, 0) is 20.2 Å². The van der Waals surface area contributed by atoms with Gasteiger partial charge in [0.05, 0.1) is 18.5 Å². The Morgan fingerprint density at radius 1 is 1.53 bits per heavy atom. The molecular weight excluding hydrogens is 218 g/mol. The maximum Gasteiger partial charge on any atom is 0.212 e. The zero-order valence-electron chi connectivity index (χ0n) is 10.4. The van der Waals surface area contributed by atoms with Crippen molar-refractivity contribution in [3.05, 3.63) is 35.4 Å². The molecule has 0 aromatic carbocycles. The van der Waals surface area contributed by atoms with Crippen molar-refractivity contribution < 1.29 is 9.15 Å². The lowest BCUT2D eigenvalue weighted by Gasteiger charge is -2.05. The van der Waals surface area contributed by atoms with Crippen LogP contribution < -0.4 is 10.1 Å². The molecule has 0 bridgehead atoms. The minimum Gasteiger partial charge on any atom is -0.473 e. The first-order valence-electron chi connectivity index (χ1n) is 5.54. The largest absolute Gasteiger partial charge is 0.473 e. The maximum atomic E-state index is 5.70. The monoisotopic (exact) mass is 235 g/mol. The van der Waals surface area contributed by atoms with Crippen molar-refractivity contribution in [2.75, 3.05) is 7.05 Å². The lowest BCUT2D eigenvalue weighted by Crippen LogP contribution is -2.08. The van der Waals surface area contributed by atoms with Crippen molar-refractivity contribution in [3.8, 4) is 5.88 Å². The van der Waals surface area contributed by atoms with Crippen LogP contribution in [0.3, 0.4) is 0 Å². The van der Waals surface area contributed by atoms with E-state index in [0.29, 0.717) is 13.2 Å². The molecule has 0 unspecified atom stereocenters. The molecule has 0 amide bonds. The normalized spacial score (nSPS) is 10.8. The maximum absolute atomic E-state index is 5.70. The predicted molar refractivity (Wildman–Crippen MR) is 63.7 cm³/mol. The highest BCUT2D eigenvalue weighted by atomic mass is 16.5. The Balaban J connectivity index is 2.02. The summed E-state index contributed by atoms with van der Waals surface area (Å²) >= 11 is 0. The van der Waals surface area contributed by atoms with Crippen LogP contribution >= 0.6 is 0 Å². The van der Waals surface area contributed by atoms with Crippen molar-refractivity contribution in [2.45, 2.75) is 20.1 Å². The van der Waals surface area contributed by atoms with E-state index in [1.54, 1.807) is 10.9 Å². The van der Waals surface area contributed by atoms with E-state index in [-0.39, 0.29) is 0 Å². The van der Waals surface area contributed by atoms with Gasteiger partial charge in [-0.1, -0.05) is 0 Å². The molecule has 0 aliphatic carbocycles. The Hall–Kier alpha value is -1.75. The summed E-state index contributed by atoms with van der Waals surface area (Å²) in [5.41, 5.74) is 2.00. The van der Waals surface area contributed by atoms with E-state index in [4.69, 9.17) is 9.15 Å². The second kappa shape index (κ2) is 5.05. The zero-order valence-corrected chi connectivity index (χ0v) is 10.4. The summed E-state index contributed by atoms with van der Waals surface area (Å²) in [5.74, 6) is 1.67. The number of ether oxygens (including phenoxy) is 1. The Bertz CT molecular complexity index is 488. The molecule has 92 valence electrons. The average Bonchev–Trinajstić information content (AvgIpc) is 2.83. The SMILES string of the molecule is CNCc1occc1COc1cc(C)nn1C. The third-order valence-corrected chi connectivity index (χ3v) is 2.51. The summed E-state index contributed by atoms with van der Waals surface area (Å²) in [6.45, 7) is 3.14. The number of nitrogens with one attached hydrogen (secondary N) is 1. The molecule has 2 rings (SSSR count). The molecule has 2 aromatic rings. The van der Waals surface area contributed by atoms with Gasteiger partial charge < -0.3 is 14.5 Å². The summed E-state index contributed by atoms with van der Waals surface area (Å²) in [4.78, 5) is 0. The summed E-state index contributed by atoms with van der Waals surface area (Å²) in [7, 11) is 3.75. The number of nitrogens with zero attached hydrogens (tertiary/aromatic N) is 2. The van der Waals surface area contributed by atoms with Gasteiger partial charge in [-0.2, -0.15) is 5.10 Å². The van der Waals surface area contributed by atoms with Gasteiger partial charge in [0.25, 0.3) is 0 Å². The molecule has 0 spiro atoms. The second-order valence-electron chi connectivity index (χ2n) is 3.94. The highest BCUT2D eigenvalue weighted by molar-refractivity contribution is 5.19. The number of rotatable bonds is 5. The Morgan fingerprint density at radius 3 is 3.00 bits per heavy atom. The van der Waals surface area contributed by atoms with E-state index in [1.807, 2.05) is 33.2 Å². The number of hydrogen-bond acceptors (Lipinski definition) is 4. The van der Waals surface area contributed by atoms with Crippen LogP contribution in [0.15, 0.2) is 22.8 Å². The van der Waals surface area contributed by atoms with Gasteiger partial charge in [0.15, 0.2) is 0 Å². The van der Waals surface area contributed by atoms with Crippen molar-refractivity contribution in [1.82, 2.24) is 15.1 Å². The average molecular weight is 235 g/mol. The first-order chi connectivity index (χ1) is 8.20. The first-order valence-corrected chi connectivity index (χ1v) is 5.54. The highest BCUT2D eigenvalue weighted by Gasteiger charge is 2.08. The molecule has 5 heteroatoms. The van der Waals surface area contributed by atoms with Gasteiger partial charge in [0, 0.05) is 18.7 Å². The topological polar surface area (TPSA) is 52.2 Å². The van der Waals surface area contributed by atoms with E-state index in [1.165, 1.54) is 0 Å². The van der Waals surface area contributed by atoms with Gasteiger partial charge in [-0.25, -0.2) is 4.68 Å². The lowest BCUT2D eigenvalue weighted by atomic mass is 10.2. The lowest BCUT2D eigenvalue weighted by molar-refractivity contribution is 0.275. The summed E-state index contributed by atoms with van der Waals surface area (Å²) in [6, 6.07) is 3.84. The summed E-state index contributed by atoms with van der Waals surface area (Å²) in [5, 5.41) is 7.28. The van der Waals surface area contributed by atoms with Gasteiger partial charge in [-0.3, -0.25) is 0 Å². The number of aryl methyl sites for hydroxylation is 2. The molecule has 0 saturated carbocycles. The fourth-order valence-electron chi connectivity index (χ4n) is 1.68. The molecule has 0 fully saturated rings. The van der Waals surface area contributed by atoms with Crippen LogP contribution in [0.4, 0.5) is 0 Å². The fraction of sp³-hybridized carbons (Fsp3) is 0.417. The number of aromatic nitrogens is 2. The van der Waals surface area contributed by atoms with Crippen LogP contribution in [0.2, 0.25) is 0 Å². The van der Waals surface area contributed by atoms with Crippen LogP contribution in [0.5, 0.6) is 5.88 Å². The molecule has 1 N–H and O–H groups in total. The fourth-order valence-corrected chi connectivity index (χ4v) is 1.68. The Kier molecular flexibility index (Phi) is 3.49. The van der Waals surface area contributed by atoms with Crippen LogP contribution in [0.1, 0.15) is 17.0 Å². The van der Waals surface area contributed by atoms with E-state index >= 15 is 0 Å². The Morgan fingerprint density at radius 2 is 2.35 bits per heavy atom. The summed E-state index contributed by atoms with van der Waals surface area (Å²) in [6.07, 6.45) is 1.68. The van der Waals surface area contributed by atoms with E-state index < -0.39 is 0 Å². The zero-order chi connectivity index (χ0) is 12.3. The van der Waals surface area contributed by atoms with Crippen molar-refractivity contribution >= 4 is 0 Å². The summed E-state index contributed by atoms with van der Waals surface area (Å²) < 4.78 is 12.8. The smallest absolute Gasteiger partial charge is 0.212 e. The molecule has 2 aromatic heterocycles. The number of hydrogen-bond donors (Lipinski definition) is 1. The Labute approximate surface area is 100 Å². The highest BCUT2D eigenvalue weighted by Crippen LogP contribution is 2.16. The van der Waals surface area contributed by atoms with Crippen LogP contribution in [-0.4, -0.2) is 16.8 Å². The first kappa shape index (κ1) is 11.7. The molecule has 0 saturated heterocycles. The van der Waals surface area contributed by atoms with E-state index in [9.17, 15) is 0 Å². The second-order valence-corrected chi connectivity index (χ2v) is 3.94. The molecule has 5 nitrogen and oxygen atoms in total. The van der Waals surface area contributed by atoms with Gasteiger partial charge >= 0.3 is 0 Å². The molecular formula is C12H17N3O2. The van der Waals surface area contributed by atoms with Crippen molar-refractivity contribution in [1.29, 1.82) is 0 Å². The molecule has 0 radical (unpaired) electrons. The molecule has 0 atom stereocenters. The minimum absolute atomic E-state index is 0.493. The molecule has 2 heterocycles. The molecule has 17 heavy (non-hydrogen) atoms. The minimum atomic E-state index is 0.493. The standard InChI is InChI=1S/C12H17N3O2/c1-9-6-12(15(3)14-9)17-8-10-4-5-16-11(10)7-13-2/h4-6,13H,7-8H2,1-3H3. The van der Waals surface area contributed by atoms with E-state index in [2.05, 4.69) is 10.4 Å². The van der Waals surface area contributed by atoms with Crippen LogP contribution in [0.25, 0.3) is 0 Å². The third-order valence-electron chi connectivity index (χ3n) is 2.51. The van der Waals surface area contributed by atoms with Gasteiger partial charge in [0.2, 0.25) is 5.88 Å². The third kappa shape index (κ3) is 2.68. The molecule has 0 aliphatic heterocycles. The molecule has 0 aliphatic rings. The van der Waals surface area contributed by atoms with Crippen molar-refractivity contribution in [2.24, 2.45) is 7.05 Å². The van der Waals surface area contributed by atoms with Crippen molar-refractivity contribution in [3.63, 3.8) is 0 Å². The van der Waals surface area contributed by atoms with Gasteiger partial charge in [-0.05, 0) is 20.0 Å². The van der Waals surface area contributed by atoms with Crippen LogP contribution in [0, 0.1) is 6.92 Å². The van der Waals surface area contributed by atoms with E-state index in [0.717, 1.165) is 22.9 Å². The quantitative estimate of drug-likeness (QED) is 0.855. The van der Waals surface area contributed by atoms with Gasteiger partial charge in [-0.15, -0.1) is 0 Å². The number of furan rings is 1. The predicted octanol–water partition coefficient (Wildman–Crippen LogP) is 1.62. The van der Waals surface area contributed by atoms with Gasteiger partial charge in [0.1, 0.15) is 12.4 Å².